The average molecular weight is 195 g/mol. The van der Waals surface area contributed by atoms with Crippen molar-refractivity contribution in [2.45, 2.75) is 13.0 Å². The third kappa shape index (κ3) is 5.77. The lowest BCUT2D eigenvalue weighted by Crippen LogP contribution is -2.33. The number of carbonyl (C=O) groups excluding carboxylic acids is 1. The van der Waals surface area contributed by atoms with E-state index in [1.165, 1.54) is 6.08 Å². The van der Waals surface area contributed by atoms with Crippen LogP contribution >= 0.6 is 0 Å². The zero-order valence-electron chi connectivity index (χ0n) is 7.88. The monoisotopic (exact) mass is 195 g/mol. The third-order valence-electron chi connectivity index (χ3n) is 1.34. The van der Waals surface area contributed by atoms with Crippen LogP contribution in [0.3, 0.4) is 0 Å². The summed E-state index contributed by atoms with van der Waals surface area (Å²) < 4.78 is 0. The van der Waals surface area contributed by atoms with Gasteiger partial charge < -0.3 is 10.4 Å². The fraction of sp³-hybridized carbons (Fsp3) is 0.200. The van der Waals surface area contributed by atoms with Crippen LogP contribution in [-0.4, -0.2) is 23.5 Å². The predicted molar refractivity (Wildman–Crippen MR) is 53.7 cm³/mol. The van der Waals surface area contributed by atoms with Gasteiger partial charge in [-0.3, -0.25) is 4.79 Å². The van der Waals surface area contributed by atoms with Crippen LogP contribution in [0.15, 0.2) is 36.5 Å². The molecule has 1 amide bonds. The molecule has 0 aliphatic carbocycles. The maximum absolute atomic E-state index is 10.5. The topological polar surface area (TPSA) is 66.4 Å². The Kier molecular flexibility index (Phi) is 6.77. The van der Waals surface area contributed by atoms with Gasteiger partial charge in [0.2, 0.25) is 6.41 Å². The van der Waals surface area contributed by atoms with E-state index in [0.29, 0.717) is 6.41 Å². The van der Waals surface area contributed by atoms with Gasteiger partial charge in [-0.1, -0.05) is 36.5 Å². The van der Waals surface area contributed by atoms with E-state index in [0.717, 1.165) is 0 Å². The van der Waals surface area contributed by atoms with E-state index in [1.807, 2.05) is 19.1 Å². The fourth-order valence-corrected chi connectivity index (χ4v) is 0.697. The number of aliphatic carboxylic acids is 1. The molecule has 4 nitrogen and oxygen atoms in total. The van der Waals surface area contributed by atoms with Crippen molar-refractivity contribution in [3.05, 3.63) is 36.5 Å². The van der Waals surface area contributed by atoms with Crippen molar-refractivity contribution in [2.75, 3.05) is 0 Å². The second-order valence-corrected chi connectivity index (χ2v) is 2.40. The molecule has 0 spiro atoms. The number of allylic oxidation sites excluding steroid dienone is 5. The van der Waals surface area contributed by atoms with Crippen molar-refractivity contribution in [3.8, 4) is 0 Å². The van der Waals surface area contributed by atoms with Gasteiger partial charge in [-0.25, -0.2) is 4.79 Å². The number of carboxylic acid groups (broad SMARTS) is 1. The summed E-state index contributed by atoms with van der Waals surface area (Å²) in [5, 5.41) is 10.8. The fourth-order valence-electron chi connectivity index (χ4n) is 0.697. The van der Waals surface area contributed by atoms with Gasteiger partial charge in [0, 0.05) is 0 Å². The van der Waals surface area contributed by atoms with Gasteiger partial charge in [-0.2, -0.15) is 0 Å². The minimum Gasteiger partial charge on any atom is -0.479 e. The quantitative estimate of drug-likeness (QED) is 0.488. The van der Waals surface area contributed by atoms with Crippen molar-refractivity contribution in [3.63, 3.8) is 0 Å². The summed E-state index contributed by atoms with van der Waals surface area (Å²) in [6.07, 6.45) is 10.4. The molecule has 1 unspecified atom stereocenters. The number of hydrogen-bond donors (Lipinski definition) is 2. The molecule has 2 N–H and O–H groups in total. The highest BCUT2D eigenvalue weighted by Gasteiger charge is 2.10. The van der Waals surface area contributed by atoms with Crippen LogP contribution in [0.5, 0.6) is 0 Å². The van der Waals surface area contributed by atoms with Gasteiger partial charge in [-0.15, -0.1) is 0 Å². The summed E-state index contributed by atoms with van der Waals surface area (Å²) >= 11 is 0. The first-order valence-corrected chi connectivity index (χ1v) is 4.11. The molecule has 1 atom stereocenters. The third-order valence-corrected chi connectivity index (χ3v) is 1.34. The normalized spacial score (nSPS) is 13.8. The average Bonchev–Trinajstić information content (AvgIpc) is 2.15. The number of rotatable bonds is 6. The Morgan fingerprint density at radius 3 is 2.43 bits per heavy atom. The van der Waals surface area contributed by atoms with Crippen LogP contribution in [0, 0.1) is 0 Å². The summed E-state index contributed by atoms with van der Waals surface area (Å²) in [5.74, 6) is -1.09. The molecule has 0 aromatic rings. The molecular formula is C10H13NO3. The number of carboxylic acids is 1. The summed E-state index contributed by atoms with van der Waals surface area (Å²) in [4.78, 5) is 20.5. The molecule has 0 heterocycles. The Bertz CT molecular complexity index is 267. The van der Waals surface area contributed by atoms with E-state index in [4.69, 9.17) is 5.11 Å². The van der Waals surface area contributed by atoms with Crippen LogP contribution < -0.4 is 5.32 Å². The van der Waals surface area contributed by atoms with Gasteiger partial charge in [0.1, 0.15) is 6.04 Å². The molecule has 14 heavy (non-hydrogen) atoms. The standard InChI is InChI=1S/C10H13NO3/c1-2-3-4-5-6-7-9(10(13)14)11-8-12/h2-9H,1H3,(H,11,12)(H,13,14)/b3-2-,5-4-,7-6+. The highest BCUT2D eigenvalue weighted by atomic mass is 16.4. The van der Waals surface area contributed by atoms with Crippen molar-refractivity contribution < 1.29 is 14.7 Å². The molecule has 4 heteroatoms. The second-order valence-electron chi connectivity index (χ2n) is 2.40. The summed E-state index contributed by atoms with van der Waals surface area (Å²) in [6, 6.07) is -0.970. The van der Waals surface area contributed by atoms with E-state index in [-0.39, 0.29) is 0 Å². The lowest BCUT2D eigenvalue weighted by molar-refractivity contribution is -0.139. The first-order valence-electron chi connectivity index (χ1n) is 4.11. The first kappa shape index (κ1) is 12.2. The Morgan fingerprint density at radius 2 is 1.93 bits per heavy atom. The van der Waals surface area contributed by atoms with Crippen LogP contribution in [-0.2, 0) is 9.59 Å². The molecule has 0 saturated heterocycles. The number of hydrogen-bond acceptors (Lipinski definition) is 2. The summed E-state index contributed by atoms with van der Waals surface area (Å²) in [5.41, 5.74) is 0. The van der Waals surface area contributed by atoms with Crippen molar-refractivity contribution in [1.29, 1.82) is 0 Å². The molecule has 0 aliphatic rings. The highest BCUT2D eigenvalue weighted by Crippen LogP contribution is 1.87. The van der Waals surface area contributed by atoms with Crippen molar-refractivity contribution in [2.24, 2.45) is 0 Å². The van der Waals surface area contributed by atoms with Gasteiger partial charge in [0.05, 0.1) is 0 Å². The largest absolute Gasteiger partial charge is 0.479 e. The molecule has 76 valence electrons. The Balaban J connectivity index is 4.14. The first-order chi connectivity index (χ1) is 6.72. The van der Waals surface area contributed by atoms with E-state index in [1.54, 1.807) is 18.2 Å². The predicted octanol–water partition coefficient (Wildman–Crippen LogP) is 0.874. The Hall–Kier alpha value is -1.84. The van der Waals surface area contributed by atoms with E-state index in [2.05, 4.69) is 5.32 Å². The Morgan fingerprint density at radius 1 is 1.29 bits per heavy atom. The maximum Gasteiger partial charge on any atom is 0.330 e. The minimum absolute atomic E-state index is 0.360. The molecule has 0 aliphatic heterocycles. The van der Waals surface area contributed by atoms with E-state index >= 15 is 0 Å². The lowest BCUT2D eigenvalue weighted by atomic mass is 10.2. The zero-order valence-corrected chi connectivity index (χ0v) is 7.88. The second kappa shape index (κ2) is 7.79. The van der Waals surface area contributed by atoms with Crippen molar-refractivity contribution >= 4 is 12.4 Å². The molecule has 0 aromatic heterocycles. The molecule has 0 bridgehead atoms. The number of nitrogens with one attached hydrogen (secondary N) is 1. The summed E-state index contributed by atoms with van der Waals surface area (Å²) in [6.45, 7) is 1.88. The summed E-state index contributed by atoms with van der Waals surface area (Å²) in [7, 11) is 0. The molecule has 0 rings (SSSR count). The van der Waals surface area contributed by atoms with Gasteiger partial charge in [0.25, 0.3) is 0 Å². The van der Waals surface area contributed by atoms with Crippen LogP contribution in [0.2, 0.25) is 0 Å². The van der Waals surface area contributed by atoms with Crippen LogP contribution in [0.4, 0.5) is 0 Å². The molecule has 0 radical (unpaired) electrons. The highest BCUT2D eigenvalue weighted by molar-refractivity contribution is 5.78. The molecule has 0 fully saturated rings. The smallest absolute Gasteiger partial charge is 0.330 e. The molecular weight excluding hydrogens is 182 g/mol. The van der Waals surface area contributed by atoms with Gasteiger partial charge >= 0.3 is 5.97 Å². The minimum atomic E-state index is -1.09. The molecule has 0 saturated carbocycles. The van der Waals surface area contributed by atoms with Crippen LogP contribution in [0.25, 0.3) is 0 Å². The number of amides is 1. The number of carbonyl (C=O) groups is 2. The zero-order chi connectivity index (χ0) is 10.8. The molecule has 0 aromatic carbocycles. The lowest BCUT2D eigenvalue weighted by Gasteiger charge is -2.03. The Labute approximate surface area is 82.6 Å². The van der Waals surface area contributed by atoms with Gasteiger partial charge in [-0.05, 0) is 6.92 Å². The van der Waals surface area contributed by atoms with Crippen LogP contribution in [0.1, 0.15) is 6.92 Å². The van der Waals surface area contributed by atoms with Gasteiger partial charge in [0.15, 0.2) is 0 Å². The van der Waals surface area contributed by atoms with E-state index in [9.17, 15) is 9.59 Å². The maximum atomic E-state index is 10.5. The van der Waals surface area contributed by atoms with Crippen molar-refractivity contribution in [1.82, 2.24) is 5.32 Å². The van der Waals surface area contributed by atoms with E-state index < -0.39 is 12.0 Å². The SMILES string of the molecule is C\C=C/C=C\C=C\C(NC=O)C(=O)O.